The number of benzene rings is 1. The number of nitrogens with one attached hydrogen (secondary N) is 1. The van der Waals surface area contributed by atoms with Crippen LogP contribution in [-0.2, 0) is 4.74 Å². The maximum Gasteiger partial charge on any atom is 0.0576 e. The number of rotatable bonds is 5. The van der Waals surface area contributed by atoms with E-state index in [9.17, 15) is 0 Å². The Morgan fingerprint density at radius 2 is 2.14 bits per heavy atom. The Morgan fingerprint density at radius 1 is 1.29 bits per heavy atom. The molecule has 3 heteroatoms. The molecule has 116 valence electrons. The predicted octanol–water partition coefficient (Wildman–Crippen LogP) is 2.98. The van der Waals surface area contributed by atoms with Gasteiger partial charge in [0, 0.05) is 31.8 Å². The lowest BCUT2D eigenvalue weighted by atomic mass is 10.0. The van der Waals surface area contributed by atoms with Gasteiger partial charge < -0.3 is 10.1 Å². The van der Waals surface area contributed by atoms with Crippen molar-refractivity contribution in [2.24, 2.45) is 0 Å². The molecule has 3 unspecified atom stereocenters. The molecule has 0 amide bonds. The summed E-state index contributed by atoms with van der Waals surface area (Å²) in [5.41, 5.74) is 1.41. The molecule has 3 nitrogen and oxygen atoms in total. The van der Waals surface area contributed by atoms with Crippen LogP contribution in [0.15, 0.2) is 30.3 Å². The fourth-order valence-electron chi connectivity index (χ4n) is 3.54. The SMILES string of the molecule is CC1CNC(c2ccccc2)CN1CCCC1CCCO1. The molecule has 1 N–H and O–H groups in total. The molecule has 2 aliphatic rings. The highest BCUT2D eigenvalue weighted by molar-refractivity contribution is 5.20. The van der Waals surface area contributed by atoms with E-state index < -0.39 is 0 Å². The summed E-state index contributed by atoms with van der Waals surface area (Å²) in [4.78, 5) is 2.64. The number of nitrogens with zero attached hydrogens (tertiary/aromatic N) is 1. The molecule has 0 radical (unpaired) electrons. The van der Waals surface area contributed by atoms with Crippen molar-refractivity contribution < 1.29 is 4.74 Å². The Labute approximate surface area is 128 Å². The van der Waals surface area contributed by atoms with Crippen molar-refractivity contribution >= 4 is 0 Å². The van der Waals surface area contributed by atoms with Crippen LogP contribution in [0.2, 0.25) is 0 Å². The van der Waals surface area contributed by atoms with Crippen LogP contribution < -0.4 is 5.32 Å². The van der Waals surface area contributed by atoms with Gasteiger partial charge in [-0.05, 0) is 44.7 Å². The lowest BCUT2D eigenvalue weighted by molar-refractivity contribution is 0.0902. The van der Waals surface area contributed by atoms with Crippen LogP contribution in [0.1, 0.15) is 44.2 Å². The molecule has 2 fully saturated rings. The van der Waals surface area contributed by atoms with Crippen molar-refractivity contribution in [1.29, 1.82) is 0 Å². The van der Waals surface area contributed by atoms with Crippen molar-refractivity contribution in [1.82, 2.24) is 10.2 Å². The van der Waals surface area contributed by atoms with Gasteiger partial charge in [-0.1, -0.05) is 30.3 Å². The first-order chi connectivity index (χ1) is 10.3. The van der Waals surface area contributed by atoms with Crippen LogP contribution in [-0.4, -0.2) is 43.3 Å². The van der Waals surface area contributed by atoms with Crippen LogP contribution in [0.5, 0.6) is 0 Å². The minimum atomic E-state index is 0.477. The summed E-state index contributed by atoms with van der Waals surface area (Å²) in [7, 11) is 0. The quantitative estimate of drug-likeness (QED) is 0.901. The van der Waals surface area contributed by atoms with E-state index in [0.29, 0.717) is 18.2 Å². The van der Waals surface area contributed by atoms with E-state index in [0.717, 1.165) is 19.7 Å². The largest absolute Gasteiger partial charge is 0.378 e. The fourth-order valence-corrected chi connectivity index (χ4v) is 3.54. The summed E-state index contributed by atoms with van der Waals surface area (Å²) in [6.45, 7) is 6.72. The van der Waals surface area contributed by atoms with Crippen LogP contribution in [0.25, 0.3) is 0 Å². The average Bonchev–Trinajstić information content (AvgIpc) is 3.03. The lowest BCUT2D eigenvalue weighted by Crippen LogP contribution is -2.51. The van der Waals surface area contributed by atoms with Crippen LogP contribution in [0.3, 0.4) is 0 Å². The summed E-state index contributed by atoms with van der Waals surface area (Å²) >= 11 is 0. The molecule has 0 saturated carbocycles. The summed E-state index contributed by atoms with van der Waals surface area (Å²) in [6.07, 6.45) is 5.55. The topological polar surface area (TPSA) is 24.5 Å². The number of hydrogen-bond acceptors (Lipinski definition) is 3. The van der Waals surface area contributed by atoms with E-state index in [1.165, 1.54) is 37.8 Å². The first kappa shape index (κ1) is 15.0. The Morgan fingerprint density at radius 3 is 2.90 bits per heavy atom. The van der Waals surface area contributed by atoms with Crippen molar-refractivity contribution in [2.45, 2.75) is 50.8 Å². The highest BCUT2D eigenvalue weighted by Gasteiger charge is 2.25. The highest BCUT2D eigenvalue weighted by Crippen LogP contribution is 2.21. The molecule has 0 aromatic heterocycles. The zero-order valence-corrected chi connectivity index (χ0v) is 13.1. The minimum absolute atomic E-state index is 0.477. The van der Waals surface area contributed by atoms with Gasteiger partial charge >= 0.3 is 0 Å². The Bertz CT molecular complexity index is 416. The van der Waals surface area contributed by atoms with Gasteiger partial charge in [0.1, 0.15) is 0 Å². The van der Waals surface area contributed by atoms with Crippen molar-refractivity contribution in [3.63, 3.8) is 0 Å². The molecule has 2 saturated heterocycles. The van der Waals surface area contributed by atoms with Gasteiger partial charge in [0.2, 0.25) is 0 Å². The first-order valence-corrected chi connectivity index (χ1v) is 8.47. The molecule has 2 aliphatic heterocycles. The van der Waals surface area contributed by atoms with Crippen LogP contribution in [0.4, 0.5) is 0 Å². The molecule has 3 rings (SSSR count). The van der Waals surface area contributed by atoms with Gasteiger partial charge in [-0.25, -0.2) is 0 Å². The molecule has 3 atom stereocenters. The predicted molar refractivity (Wildman–Crippen MR) is 86.4 cm³/mol. The second kappa shape index (κ2) is 7.39. The monoisotopic (exact) mass is 288 g/mol. The maximum absolute atomic E-state index is 5.73. The molecule has 1 aromatic rings. The van der Waals surface area contributed by atoms with Crippen molar-refractivity contribution in [3.8, 4) is 0 Å². The Kier molecular flexibility index (Phi) is 5.28. The second-order valence-electron chi connectivity index (χ2n) is 6.49. The molecule has 0 spiro atoms. The molecule has 1 aromatic carbocycles. The van der Waals surface area contributed by atoms with Crippen LogP contribution >= 0.6 is 0 Å². The van der Waals surface area contributed by atoms with Gasteiger partial charge in [-0.2, -0.15) is 0 Å². The minimum Gasteiger partial charge on any atom is -0.378 e. The molecule has 0 aliphatic carbocycles. The molecule has 21 heavy (non-hydrogen) atoms. The summed E-state index contributed by atoms with van der Waals surface area (Å²) in [6, 6.07) is 11.9. The maximum atomic E-state index is 5.73. The molecule has 0 bridgehead atoms. The second-order valence-corrected chi connectivity index (χ2v) is 6.49. The van der Waals surface area contributed by atoms with Gasteiger partial charge in [0.25, 0.3) is 0 Å². The van der Waals surface area contributed by atoms with E-state index in [2.05, 4.69) is 47.5 Å². The van der Waals surface area contributed by atoms with E-state index >= 15 is 0 Å². The first-order valence-electron chi connectivity index (χ1n) is 8.47. The van der Waals surface area contributed by atoms with E-state index in [1.54, 1.807) is 0 Å². The zero-order valence-electron chi connectivity index (χ0n) is 13.1. The molecular formula is C18H28N2O. The van der Waals surface area contributed by atoms with Crippen LogP contribution in [0, 0.1) is 0 Å². The van der Waals surface area contributed by atoms with Gasteiger partial charge in [-0.15, -0.1) is 0 Å². The Hall–Kier alpha value is -0.900. The summed E-state index contributed by atoms with van der Waals surface area (Å²) in [5, 5.41) is 3.68. The highest BCUT2D eigenvalue weighted by atomic mass is 16.5. The van der Waals surface area contributed by atoms with E-state index in [4.69, 9.17) is 4.74 Å². The number of hydrogen-bond donors (Lipinski definition) is 1. The number of piperazine rings is 1. The average molecular weight is 288 g/mol. The van der Waals surface area contributed by atoms with Gasteiger partial charge in [0.05, 0.1) is 6.10 Å². The normalized spacial score (nSPS) is 30.6. The van der Waals surface area contributed by atoms with E-state index in [-0.39, 0.29) is 0 Å². The third-order valence-corrected chi connectivity index (χ3v) is 4.90. The summed E-state index contributed by atoms with van der Waals surface area (Å²) in [5.74, 6) is 0. The summed E-state index contributed by atoms with van der Waals surface area (Å²) < 4.78 is 5.73. The third kappa shape index (κ3) is 4.06. The standard InChI is InChI=1S/C18H28N2O/c1-15-13-19-18(16-7-3-2-4-8-16)14-20(15)11-5-9-17-10-6-12-21-17/h2-4,7-8,15,17-19H,5-6,9-14H2,1H3. The Balaban J connectivity index is 1.49. The van der Waals surface area contributed by atoms with Crippen molar-refractivity contribution in [2.75, 3.05) is 26.2 Å². The third-order valence-electron chi connectivity index (χ3n) is 4.90. The van der Waals surface area contributed by atoms with E-state index in [1.807, 2.05) is 0 Å². The zero-order chi connectivity index (χ0) is 14.5. The lowest BCUT2D eigenvalue weighted by Gasteiger charge is -2.39. The van der Waals surface area contributed by atoms with Gasteiger partial charge in [0.15, 0.2) is 0 Å². The molecule has 2 heterocycles. The van der Waals surface area contributed by atoms with Crippen molar-refractivity contribution in [3.05, 3.63) is 35.9 Å². The van der Waals surface area contributed by atoms with Gasteiger partial charge in [-0.3, -0.25) is 4.90 Å². The fraction of sp³-hybridized carbons (Fsp3) is 0.667. The number of ether oxygens (including phenoxy) is 1. The molecular weight excluding hydrogens is 260 g/mol. The smallest absolute Gasteiger partial charge is 0.0576 e.